The number of ether oxygens (including phenoxy) is 2. The molecule has 2 heterocycles. The van der Waals surface area contributed by atoms with E-state index in [0.29, 0.717) is 16.5 Å². The Hall–Kier alpha value is -2.58. The van der Waals surface area contributed by atoms with Gasteiger partial charge in [0.2, 0.25) is 0 Å². The van der Waals surface area contributed by atoms with Crippen molar-refractivity contribution < 1.29 is 14.3 Å². The summed E-state index contributed by atoms with van der Waals surface area (Å²) in [5.41, 5.74) is 3.09. The summed E-state index contributed by atoms with van der Waals surface area (Å²) in [5, 5.41) is 11.1. The lowest BCUT2D eigenvalue weighted by Crippen LogP contribution is -2.17. The van der Waals surface area contributed by atoms with Crippen molar-refractivity contribution in [1.29, 1.82) is 0 Å². The van der Waals surface area contributed by atoms with E-state index in [-0.39, 0.29) is 25.4 Å². The predicted octanol–water partition coefficient (Wildman–Crippen LogP) is 3.62. The van der Waals surface area contributed by atoms with Crippen LogP contribution in [0.1, 0.15) is 26.0 Å². The lowest BCUT2D eigenvalue weighted by Gasteiger charge is -2.11. The third-order valence-corrected chi connectivity index (χ3v) is 4.66. The minimum Gasteiger partial charge on any atom is -0.438 e. The van der Waals surface area contributed by atoms with Crippen LogP contribution in [0.15, 0.2) is 24.3 Å². The summed E-state index contributed by atoms with van der Waals surface area (Å²) in [4.78, 5) is 16.0. The Morgan fingerprint density at radius 3 is 3.00 bits per heavy atom. The number of H-pyrrole nitrogens is 1. The molecule has 144 valence electrons. The van der Waals surface area contributed by atoms with Gasteiger partial charge in [-0.15, -0.1) is 5.10 Å². The van der Waals surface area contributed by atoms with E-state index in [1.807, 2.05) is 45.0 Å². The average molecular weight is 392 g/mol. The molecule has 0 aliphatic rings. The number of anilines is 1. The first-order chi connectivity index (χ1) is 13.0. The third kappa shape index (κ3) is 4.40. The quantitative estimate of drug-likeness (QED) is 0.346. The van der Waals surface area contributed by atoms with Crippen LogP contribution in [0.25, 0.3) is 17.0 Å². The molecule has 0 bridgehead atoms. The van der Waals surface area contributed by atoms with Gasteiger partial charge in [-0.2, -0.15) is 4.63 Å². The molecule has 0 radical (unpaired) electrons. The number of halogens is 1. The Morgan fingerprint density at radius 1 is 1.44 bits per heavy atom. The number of carbonyl (C=O) groups excluding carboxylic acids is 1. The summed E-state index contributed by atoms with van der Waals surface area (Å²) < 4.78 is 11.9. The molecule has 0 saturated heterocycles. The highest BCUT2D eigenvalue weighted by Crippen LogP contribution is 2.24. The first-order valence-electron chi connectivity index (χ1n) is 8.69. The van der Waals surface area contributed by atoms with E-state index in [2.05, 4.69) is 20.5 Å². The molecule has 0 spiro atoms. The Morgan fingerprint density at radius 2 is 2.26 bits per heavy atom. The lowest BCUT2D eigenvalue weighted by atomic mass is 10.1. The van der Waals surface area contributed by atoms with Crippen molar-refractivity contribution in [2.75, 3.05) is 18.8 Å². The van der Waals surface area contributed by atoms with Gasteiger partial charge in [0.15, 0.2) is 18.3 Å². The van der Waals surface area contributed by atoms with Crippen molar-refractivity contribution in [1.82, 2.24) is 19.8 Å². The van der Waals surface area contributed by atoms with Crippen LogP contribution in [0.4, 0.5) is 5.69 Å². The molecular weight excluding hydrogens is 370 g/mol. The SMILES string of the molecule is CCC(C)C(=O)OCOCNc1cccc(-c2nc3c(Cl)c(C)[nH]n3n2)c1. The first-order valence-corrected chi connectivity index (χ1v) is 9.07. The fourth-order valence-electron chi connectivity index (χ4n) is 2.38. The second kappa shape index (κ2) is 8.41. The van der Waals surface area contributed by atoms with Crippen LogP contribution in [0.2, 0.25) is 5.02 Å². The summed E-state index contributed by atoms with van der Waals surface area (Å²) in [6.45, 7) is 5.75. The number of nitrogens with zero attached hydrogens (tertiary/aromatic N) is 3. The van der Waals surface area contributed by atoms with E-state index in [4.69, 9.17) is 21.1 Å². The Labute approximate surface area is 161 Å². The Kier molecular flexibility index (Phi) is 5.98. The minimum atomic E-state index is -0.255. The molecule has 0 aliphatic carbocycles. The van der Waals surface area contributed by atoms with Crippen LogP contribution in [0, 0.1) is 12.8 Å². The topological polar surface area (TPSA) is 93.5 Å². The smallest absolute Gasteiger partial charge is 0.310 e. The Bertz CT molecular complexity index is 936. The number of rotatable bonds is 8. The molecule has 3 rings (SSSR count). The third-order valence-electron chi connectivity index (χ3n) is 4.20. The maximum atomic E-state index is 11.6. The van der Waals surface area contributed by atoms with Crippen molar-refractivity contribution in [3.8, 4) is 11.4 Å². The molecule has 1 aromatic carbocycles. The van der Waals surface area contributed by atoms with Crippen LogP contribution >= 0.6 is 11.6 Å². The number of aryl methyl sites for hydroxylation is 1. The first kappa shape index (κ1) is 19.2. The second-order valence-corrected chi connectivity index (χ2v) is 6.60. The lowest BCUT2D eigenvalue weighted by molar-refractivity contribution is -0.160. The number of hydrogen-bond donors (Lipinski definition) is 2. The fourth-order valence-corrected chi connectivity index (χ4v) is 2.55. The van der Waals surface area contributed by atoms with E-state index in [1.54, 1.807) is 4.63 Å². The van der Waals surface area contributed by atoms with Gasteiger partial charge >= 0.3 is 5.97 Å². The number of hydrogen-bond acceptors (Lipinski definition) is 6. The van der Waals surface area contributed by atoms with Crippen LogP contribution in [-0.2, 0) is 14.3 Å². The summed E-state index contributed by atoms with van der Waals surface area (Å²) in [7, 11) is 0. The van der Waals surface area contributed by atoms with Crippen molar-refractivity contribution in [2.24, 2.45) is 5.92 Å². The standard InChI is InChI=1S/C18H22ClN5O3/c1-4-11(2)18(25)27-10-26-9-20-14-7-5-6-13(8-14)16-21-17-15(19)12(3)22-24(17)23-16/h5-8,11,20,22H,4,9-10H2,1-3H3. The number of esters is 1. The van der Waals surface area contributed by atoms with E-state index >= 15 is 0 Å². The van der Waals surface area contributed by atoms with E-state index in [0.717, 1.165) is 23.4 Å². The normalized spacial score (nSPS) is 12.3. The highest BCUT2D eigenvalue weighted by atomic mass is 35.5. The number of benzene rings is 1. The number of aromatic nitrogens is 4. The van der Waals surface area contributed by atoms with Gasteiger partial charge in [0.1, 0.15) is 11.8 Å². The number of carbonyl (C=O) groups is 1. The van der Waals surface area contributed by atoms with Gasteiger partial charge in [-0.05, 0) is 25.5 Å². The van der Waals surface area contributed by atoms with E-state index < -0.39 is 0 Å². The Balaban J connectivity index is 1.56. The number of nitrogens with one attached hydrogen (secondary N) is 2. The van der Waals surface area contributed by atoms with E-state index in [1.165, 1.54) is 0 Å². The molecule has 0 saturated carbocycles. The zero-order chi connectivity index (χ0) is 19.4. The summed E-state index contributed by atoms with van der Waals surface area (Å²) in [5.74, 6) is 0.189. The monoisotopic (exact) mass is 391 g/mol. The van der Waals surface area contributed by atoms with E-state index in [9.17, 15) is 4.79 Å². The highest BCUT2D eigenvalue weighted by molar-refractivity contribution is 6.34. The zero-order valence-electron chi connectivity index (χ0n) is 15.5. The molecule has 0 amide bonds. The molecular formula is C18H22ClN5O3. The van der Waals surface area contributed by atoms with Crippen molar-refractivity contribution in [3.05, 3.63) is 35.0 Å². The number of aromatic amines is 1. The maximum absolute atomic E-state index is 11.6. The molecule has 27 heavy (non-hydrogen) atoms. The second-order valence-electron chi connectivity index (χ2n) is 6.22. The molecule has 2 aromatic heterocycles. The van der Waals surface area contributed by atoms with Gasteiger partial charge in [-0.25, -0.2) is 4.98 Å². The molecule has 3 aromatic rings. The molecule has 9 heteroatoms. The molecule has 1 unspecified atom stereocenters. The highest BCUT2D eigenvalue weighted by Gasteiger charge is 2.13. The molecule has 0 fully saturated rings. The van der Waals surface area contributed by atoms with Gasteiger partial charge in [0.25, 0.3) is 0 Å². The predicted molar refractivity (Wildman–Crippen MR) is 103 cm³/mol. The maximum Gasteiger partial charge on any atom is 0.310 e. The fraction of sp³-hybridized carbons (Fsp3) is 0.389. The number of fused-ring (bicyclic) bond motifs is 1. The van der Waals surface area contributed by atoms with Crippen molar-refractivity contribution >= 4 is 28.9 Å². The van der Waals surface area contributed by atoms with Gasteiger partial charge in [0.05, 0.1) is 11.6 Å². The van der Waals surface area contributed by atoms with Crippen molar-refractivity contribution in [3.63, 3.8) is 0 Å². The van der Waals surface area contributed by atoms with Gasteiger partial charge < -0.3 is 14.8 Å². The molecule has 1 atom stereocenters. The average Bonchev–Trinajstić information content (AvgIpc) is 3.20. The van der Waals surface area contributed by atoms with Crippen LogP contribution < -0.4 is 5.32 Å². The zero-order valence-corrected chi connectivity index (χ0v) is 16.2. The largest absolute Gasteiger partial charge is 0.438 e. The minimum absolute atomic E-state index is 0.0823. The summed E-state index contributed by atoms with van der Waals surface area (Å²) >= 11 is 6.20. The van der Waals surface area contributed by atoms with Crippen LogP contribution in [0.3, 0.4) is 0 Å². The van der Waals surface area contributed by atoms with Crippen LogP contribution in [-0.4, -0.2) is 39.3 Å². The van der Waals surface area contributed by atoms with Gasteiger partial charge in [0, 0.05) is 11.3 Å². The van der Waals surface area contributed by atoms with Crippen molar-refractivity contribution in [2.45, 2.75) is 27.2 Å². The van der Waals surface area contributed by atoms with Gasteiger partial charge in [-0.3, -0.25) is 9.89 Å². The molecule has 0 aliphatic heterocycles. The summed E-state index contributed by atoms with van der Waals surface area (Å²) in [6.07, 6.45) is 0.742. The van der Waals surface area contributed by atoms with Gasteiger partial charge in [-0.1, -0.05) is 37.6 Å². The van der Waals surface area contributed by atoms with Crippen LogP contribution in [0.5, 0.6) is 0 Å². The molecule has 8 nitrogen and oxygen atoms in total. The summed E-state index contributed by atoms with van der Waals surface area (Å²) in [6, 6.07) is 7.61. The molecule has 2 N–H and O–H groups in total.